The molecule has 5 heterocycles. The third-order valence-corrected chi connectivity index (χ3v) is 21.3. The van der Waals surface area contributed by atoms with Gasteiger partial charge in [-0.2, -0.15) is 5.26 Å². The Kier molecular flexibility index (Phi) is 13.2. The van der Waals surface area contributed by atoms with E-state index in [4.69, 9.17) is 0 Å². The van der Waals surface area contributed by atoms with Crippen molar-refractivity contribution in [1.29, 1.82) is 5.26 Å². The quantitative estimate of drug-likeness (QED) is 0.142. The van der Waals surface area contributed by atoms with Crippen molar-refractivity contribution in [1.82, 2.24) is 13.7 Å². The number of para-hydroxylation sites is 7. The highest BCUT2D eigenvalue weighted by molar-refractivity contribution is 7.00. The number of hydrogen-bond acceptors (Lipinski definition) is 3. The van der Waals surface area contributed by atoms with Gasteiger partial charge < -0.3 is 23.5 Å². The molecule has 474 valence electrons. The van der Waals surface area contributed by atoms with Crippen LogP contribution in [-0.2, 0) is 10.8 Å². The molecule has 0 spiro atoms. The third-order valence-electron chi connectivity index (χ3n) is 21.3. The highest BCUT2D eigenvalue weighted by Gasteiger charge is 2.46. The van der Waals surface area contributed by atoms with Crippen molar-refractivity contribution in [2.24, 2.45) is 0 Å². The normalized spacial score (nSPS) is 12.8. The zero-order chi connectivity index (χ0) is 67.3. The second-order valence-corrected chi connectivity index (χ2v) is 29.1. The molecule has 0 saturated carbocycles. The van der Waals surface area contributed by atoms with E-state index >= 15 is 0 Å². The number of anilines is 6. The lowest BCUT2D eigenvalue weighted by molar-refractivity contribution is 0.590. The lowest BCUT2D eigenvalue weighted by atomic mass is 9.33. The van der Waals surface area contributed by atoms with Crippen LogP contribution >= 0.6 is 0 Å². The van der Waals surface area contributed by atoms with Crippen LogP contribution in [0.4, 0.5) is 34.1 Å². The van der Waals surface area contributed by atoms with Gasteiger partial charge in [0.15, 0.2) is 0 Å². The molecule has 0 N–H and O–H groups in total. The van der Waals surface area contributed by atoms with E-state index < -0.39 is 0 Å². The van der Waals surface area contributed by atoms with Gasteiger partial charge in [-0.25, -0.2) is 0 Å². The fraction of sp³-hybridized carbons (Fsp3) is 0.0860. The van der Waals surface area contributed by atoms with Gasteiger partial charge in [0.05, 0.1) is 67.5 Å². The monoisotopic (exact) mass is 1280 g/mol. The van der Waals surface area contributed by atoms with Crippen molar-refractivity contribution >= 4 is 123 Å². The summed E-state index contributed by atoms with van der Waals surface area (Å²) in [7, 11) is 0. The maximum Gasteiger partial charge on any atom is 0.252 e. The second kappa shape index (κ2) is 22.3. The van der Waals surface area contributed by atoms with Gasteiger partial charge in [-0.15, -0.1) is 0 Å². The van der Waals surface area contributed by atoms with Crippen molar-refractivity contribution in [3.63, 3.8) is 0 Å². The number of fused-ring (bicyclic) bond motifs is 13. The zero-order valence-corrected chi connectivity index (χ0v) is 56.7. The van der Waals surface area contributed by atoms with Gasteiger partial charge in [0.25, 0.3) is 6.71 Å². The molecule has 0 unspecified atom stereocenters. The molecule has 19 rings (SSSR count). The molecule has 0 bridgehead atoms. The summed E-state index contributed by atoms with van der Waals surface area (Å²) in [5.74, 6) is 0. The minimum absolute atomic E-state index is 0.126. The number of benzene rings is 14. The van der Waals surface area contributed by atoms with Gasteiger partial charge in [-0.05, 0) is 158 Å². The van der Waals surface area contributed by atoms with E-state index in [9.17, 15) is 5.26 Å². The minimum atomic E-state index is -0.296. The van der Waals surface area contributed by atoms with Crippen LogP contribution in [0.25, 0.3) is 116 Å². The summed E-state index contributed by atoms with van der Waals surface area (Å²) in [6, 6.07) is 118. The van der Waals surface area contributed by atoms with Gasteiger partial charge >= 0.3 is 0 Å². The first kappa shape index (κ1) is 58.9. The number of nitrogens with zero attached hydrogens (tertiary/aromatic N) is 6. The van der Waals surface area contributed by atoms with Crippen molar-refractivity contribution in [2.75, 3.05) is 9.80 Å². The van der Waals surface area contributed by atoms with Crippen molar-refractivity contribution in [3.8, 4) is 56.5 Å². The van der Waals surface area contributed by atoms with E-state index in [0.29, 0.717) is 5.56 Å². The highest BCUT2D eigenvalue weighted by Crippen LogP contribution is 2.52. The number of rotatable bonds is 8. The molecule has 2 aliphatic rings. The molecule has 14 aromatic carbocycles. The first-order valence-electron chi connectivity index (χ1n) is 34.8. The summed E-state index contributed by atoms with van der Waals surface area (Å²) in [5.41, 5.74) is 29.8. The van der Waals surface area contributed by atoms with Gasteiger partial charge in [-0.3, -0.25) is 0 Å². The van der Waals surface area contributed by atoms with Gasteiger partial charge in [0.2, 0.25) is 0 Å². The van der Waals surface area contributed by atoms with Crippen LogP contribution in [-0.4, -0.2) is 20.4 Å². The number of nitriles is 1. The van der Waals surface area contributed by atoms with Crippen LogP contribution in [0.1, 0.15) is 58.2 Å². The molecule has 0 atom stereocenters. The smallest absolute Gasteiger partial charge is 0.252 e. The van der Waals surface area contributed by atoms with Crippen LogP contribution < -0.4 is 26.2 Å². The molecule has 100 heavy (non-hydrogen) atoms. The average Bonchev–Trinajstić information content (AvgIpc) is 0.933. The molecule has 0 amide bonds. The third kappa shape index (κ3) is 8.96. The van der Waals surface area contributed by atoms with Crippen LogP contribution in [0.5, 0.6) is 0 Å². The molecule has 3 aromatic heterocycles. The summed E-state index contributed by atoms with van der Waals surface area (Å²) in [5, 5.41) is 17.3. The number of aromatic nitrogens is 3. The molecule has 2 aliphatic heterocycles. The molecule has 17 aromatic rings. The Morgan fingerprint density at radius 3 is 1.33 bits per heavy atom. The van der Waals surface area contributed by atoms with Crippen LogP contribution in [0.3, 0.4) is 0 Å². The fourth-order valence-electron chi connectivity index (χ4n) is 16.7. The summed E-state index contributed by atoms with van der Waals surface area (Å²) in [4.78, 5) is 5.26. The Hall–Kier alpha value is -12.4. The Bertz CT molecular complexity index is 6180. The van der Waals surface area contributed by atoms with E-state index in [1.165, 1.54) is 49.1 Å². The lowest BCUT2D eigenvalue weighted by Gasteiger charge is -2.46. The summed E-state index contributed by atoms with van der Waals surface area (Å²) in [6.07, 6.45) is 0. The van der Waals surface area contributed by atoms with E-state index in [0.717, 1.165) is 128 Å². The van der Waals surface area contributed by atoms with Gasteiger partial charge in [0, 0.05) is 77.4 Å². The van der Waals surface area contributed by atoms with E-state index in [1.807, 2.05) is 6.07 Å². The van der Waals surface area contributed by atoms with Crippen LogP contribution in [0.15, 0.2) is 309 Å². The van der Waals surface area contributed by atoms with E-state index in [-0.39, 0.29) is 17.5 Å². The first-order chi connectivity index (χ1) is 48.9. The van der Waals surface area contributed by atoms with E-state index in [2.05, 4.69) is 374 Å². The molecular weight excluding hydrogens is 1210 g/mol. The summed E-state index contributed by atoms with van der Waals surface area (Å²) in [6.45, 7) is 13.8. The fourth-order valence-corrected chi connectivity index (χ4v) is 16.7. The number of hydrogen-bond donors (Lipinski definition) is 0. The van der Waals surface area contributed by atoms with E-state index in [1.54, 1.807) is 0 Å². The van der Waals surface area contributed by atoms with Crippen LogP contribution in [0.2, 0.25) is 0 Å². The predicted molar refractivity (Wildman–Crippen MR) is 422 cm³/mol. The maximum atomic E-state index is 10.3. The lowest BCUT2D eigenvalue weighted by Crippen LogP contribution is -2.61. The van der Waals surface area contributed by atoms with Crippen molar-refractivity contribution < 1.29 is 0 Å². The van der Waals surface area contributed by atoms with Gasteiger partial charge in [0.1, 0.15) is 0 Å². The molecule has 0 fully saturated rings. The molecule has 0 aliphatic carbocycles. The highest BCUT2D eigenvalue weighted by atomic mass is 15.2. The molecular formula is C93H69BN6. The topological polar surface area (TPSA) is 45.1 Å². The first-order valence-corrected chi connectivity index (χ1v) is 34.8. The Balaban J connectivity index is 0.943. The summed E-state index contributed by atoms with van der Waals surface area (Å²) < 4.78 is 7.45. The Labute approximate surface area is 582 Å². The second-order valence-electron chi connectivity index (χ2n) is 29.1. The van der Waals surface area contributed by atoms with Gasteiger partial charge in [-0.1, -0.05) is 248 Å². The molecule has 7 heteroatoms. The maximum absolute atomic E-state index is 10.3. The Morgan fingerprint density at radius 1 is 0.290 bits per heavy atom. The predicted octanol–water partition coefficient (Wildman–Crippen LogP) is 22.5. The zero-order valence-electron chi connectivity index (χ0n) is 56.7. The molecule has 0 saturated heterocycles. The Morgan fingerprint density at radius 2 is 0.750 bits per heavy atom. The van der Waals surface area contributed by atoms with Crippen molar-refractivity contribution in [3.05, 3.63) is 326 Å². The average molecular weight is 1280 g/mol. The summed E-state index contributed by atoms with van der Waals surface area (Å²) >= 11 is 0. The largest absolute Gasteiger partial charge is 0.311 e. The molecule has 6 nitrogen and oxygen atoms in total. The minimum Gasteiger partial charge on any atom is -0.311 e. The standard InChI is InChI=1S/C93H69BN6/c1-92(2,3)63-46-51-83(73(54-63)61-28-11-8-12-29-61)99-87-57-65(96-78-38-20-18-35-72(78)74-52-59(58-95)44-50-84(74)96)47-49-76(87)94-75-48-45-62(53-86(75)98(88-55-64(93(4,5)6)56-89(99)90(88)94)77-37-19-13-30-66(77)60-26-9-7-10-27-60)67-36-25-43-85(97-79-39-21-14-31-68(79)69-32-15-22-40-80(69)97)91(67)100-81-41-23-16-33-70(81)71-34-17-24-42-82(71)100/h7-57H,1-6H3. The van der Waals surface area contributed by atoms with Crippen molar-refractivity contribution in [2.45, 2.75) is 52.4 Å². The molecule has 0 radical (unpaired) electrons. The SMILES string of the molecule is CC(C)(C)c1ccc(N2c3cc(-n4c5ccccc5c5cc(C#N)ccc54)ccc3B3c4ccc(-c5cccc(-n6c7ccccc7c7ccccc76)c5-n5c6ccccc6c6ccccc65)cc4N(c4ccccc4-c4ccccc4)c4cc(C(C)(C)C)cc2c43)c(-c2ccccc2)c1. The van der Waals surface area contributed by atoms with Crippen LogP contribution in [0, 0.1) is 11.3 Å².